The van der Waals surface area contributed by atoms with Crippen molar-refractivity contribution < 1.29 is 26.8 Å². The van der Waals surface area contributed by atoms with Crippen LogP contribution in [0, 0.1) is 11.6 Å². The molecule has 14 heteroatoms. The summed E-state index contributed by atoms with van der Waals surface area (Å²) in [5.41, 5.74) is 8.82. The van der Waals surface area contributed by atoms with Crippen molar-refractivity contribution in [3.8, 4) is 0 Å². The van der Waals surface area contributed by atoms with Crippen LogP contribution in [0.4, 0.5) is 20.2 Å². The van der Waals surface area contributed by atoms with Gasteiger partial charge < -0.3 is 20.9 Å². The number of fused-ring (bicyclic) bond motifs is 1. The van der Waals surface area contributed by atoms with Crippen LogP contribution in [-0.4, -0.2) is 85.3 Å². The zero-order valence-electron chi connectivity index (χ0n) is 23.4. The quantitative estimate of drug-likeness (QED) is 0.332. The van der Waals surface area contributed by atoms with Crippen LogP contribution in [0.1, 0.15) is 34.2 Å². The molecule has 1 saturated heterocycles. The Balaban J connectivity index is 1.39. The first kappa shape index (κ1) is 29.8. The van der Waals surface area contributed by atoms with E-state index in [-0.39, 0.29) is 37.3 Å². The van der Waals surface area contributed by atoms with E-state index in [1.54, 1.807) is 19.1 Å². The van der Waals surface area contributed by atoms with E-state index >= 15 is 0 Å². The highest BCUT2D eigenvalue weighted by atomic mass is 32.2. The van der Waals surface area contributed by atoms with Crippen LogP contribution in [-0.2, 0) is 34.2 Å². The number of hydrogen-bond donors (Lipinski definition) is 3. The SMILES string of the molecule is C[C@H](N)C(=O)Nc1cc(N2CCN(C)CC2)ccc1C(=O)Cc1n[nH]c2c1CN(S(=O)(=O)c1cc(F)cc(F)c1)CC2. The number of halogens is 2. The van der Waals surface area contributed by atoms with Gasteiger partial charge in [0.25, 0.3) is 0 Å². The Bertz CT molecular complexity index is 1600. The van der Waals surface area contributed by atoms with Crippen LogP contribution in [0.2, 0.25) is 0 Å². The van der Waals surface area contributed by atoms with Crippen molar-refractivity contribution in [2.75, 3.05) is 50.0 Å². The van der Waals surface area contributed by atoms with E-state index in [1.165, 1.54) is 0 Å². The second-order valence-corrected chi connectivity index (χ2v) is 12.7. The largest absolute Gasteiger partial charge is 0.369 e. The molecular weight excluding hydrogens is 568 g/mol. The van der Waals surface area contributed by atoms with Crippen LogP contribution < -0.4 is 16.0 Å². The molecule has 0 spiro atoms. The number of aromatic nitrogens is 2. The van der Waals surface area contributed by atoms with Crippen molar-refractivity contribution >= 4 is 33.1 Å². The molecule has 0 bridgehead atoms. The number of benzene rings is 2. The average molecular weight is 602 g/mol. The predicted molar refractivity (Wildman–Crippen MR) is 153 cm³/mol. The van der Waals surface area contributed by atoms with E-state index < -0.39 is 38.5 Å². The van der Waals surface area contributed by atoms with Gasteiger partial charge in [0.05, 0.1) is 28.7 Å². The third kappa shape index (κ3) is 6.21. The normalized spacial score (nSPS) is 17.1. The van der Waals surface area contributed by atoms with Crippen molar-refractivity contribution in [3.63, 3.8) is 0 Å². The monoisotopic (exact) mass is 601 g/mol. The molecule has 2 aliphatic heterocycles. The molecule has 11 nitrogen and oxygen atoms in total. The first-order chi connectivity index (χ1) is 19.9. The van der Waals surface area contributed by atoms with E-state index in [0.717, 1.165) is 48.3 Å². The number of Topliss-reactive ketones (excluding diaryl/α,β-unsaturated/α-hetero) is 1. The number of ketones is 1. The minimum absolute atomic E-state index is 0.0737. The fraction of sp³-hybridized carbons (Fsp3) is 0.393. The van der Waals surface area contributed by atoms with Crippen molar-refractivity contribution in [2.45, 2.75) is 37.2 Å². The third-order valence-electron chi connectivity index (χ3n) is 7.63. The lowest BCUT2D eigenvalue weighted by Gasteiger charge is -2.34. The van der Waals surface area contributed by atoms with Gasteiger partial charge >= 0.3 is 0 Å². The summed E-state index contributed by atoms with van der Waals surface area (Å²) in [4.78, 5) is 30.0. The molecule has 2 aliphatic rings. The molecule has 4 N–H and O–H groups in total. The van der Waals surface area contributed by atoms with Gasteiger partial charge in [0, 0.05) is 74.3 Å². The molecule has 0 unspecified atom stereocenters. The molecule has 3 heterocycles. The first-order valence-corrected chi connectivity index (χ1v) is 15.0. The number of H-pyrrole nitrogens is 1. The van der Waals surface area contributed by atoms with Crippen LogP contribution in [0.15, 0.2) is 41.3 Å². The molecule has 1 fully saturated rings. The Hall–Kier alpha value is -3.72. The average Bonchev–Trinajstić information content (AvgIpc) is 3.34. The number of rotatable bonds is 8. The van der Waals surface area contributed by atoms with Crippen molar-refractivity contribution in [1.82, 2.24) is 19.4 Å². The fourth-order valence-electron chi connectivity index (χ4n) is 5.14. The maximum absolute atomic E-state index is 13.8. The van der Waals surface area contributed by atoms with Gasteiger partial charge in [-0.05, 0) is 44.3 Å². The maximum atomic E-state index is 13.8. The van der Waals surface area contributed by atoms with Crippen molar-refractivity contribution in [1.29, 1.82) is 0 Å². The topological polar surface area (TPSA) is 145 Å². The van der Waals surface area contributed by atoms with E-state index in [9.17, 15) is 26.8 Å². The van der Waals surface area contributed by atoms with Crippen LogP contribution in [0.5, 0.6) is 0 Å². The Morgan fingerprint density at radius 2 is 1.76 bits per heavy atom. The van der Waals surface area contributed by atoms with E-state index in [1.807, 2.05) is 6.07 Å². The number of likely N-dealkylation sites (N-methyl/N-ethyl adjacent to an activating group) is 1. The third-order valence-corrected chi connectivity index (χ3v) is 9.45. The molecule has 1 atom stereocenters. The van der Waals surface area contributed by atoms with Gasteiger partial charge in [-0.2, -0.15) is 9.40 Å². The van der Waals surface area contributed by atoms with E-state index in [2.05, 4.69) is 32.4 Å². The summed E-state index contributed by atoms with van der Waals surface area (Å²) in [7, 11) is -2.16. The molecule has 2 aromatic carbocycles. The predicted octanol–water partition coefficient (Wildman–Crippen LogP) is 1.90. The molecule has 1 amide bonds. The summed E-state index contributed by atoms with van der Waals surface area (Å²) >= 11 is 0. The number of aromatic amines is 1. The van der Waals surface area contributed by atoms with Crippen LogP contribution in [0.25, 0.3) is 0 Å². The highest BCUT2D eigenvalue weighted by Crippen LogP contribution is 2.30. The number of sulfonamides is 1. The summed E-state index contributed by atoms with van der Waals surface area (Å²) in [6.45, 7) is 4.86. The molecular formula is C28H33F2N7O4S. The number of nitrogens with zero attached hydrogens (tertiary/aromatic N) is 4. The Morgan fingerprint density at radius 3 is 2.43 bits per heavy atom. The summed E-state index contributed by atoms with van der Waals surface area (Å²) in [6, 6.07) is 6.64. The number of anilines is 2. The minimum atomic E-state index is -4.21. The molecule has 0 radical (unpaired) electrons. The summed E-state index contributed by atoms with van der Waals surface area (Å²) in [5.74, 6) is -2.76. The molecule has 224 valence electrons. The Kier molecular flexibility index (Phi) is 8.42. The minimum Gasteiger partial charge on any atom is -0.369 e. The van der Waals surface area contributed by atoms with Gasteiger partial charge in [-0.3, -0.25) is 14.7 Å². The molecule has 1 aromatic heterocycles. The van der Waals surface area contributed by atoms with Gasteiger partial charge in [0.15, 0.2) is 5.78 Å². The van der Waals surface area contributed by atoms with E-state index in [0.29, 0.717) is 28.7 Å². The lowest BCUT2D eigenvalue weighted by atomic mass is 9.99. The van der Waals surface area contributed by atoms with E-state index in [4.69, 9.17) is 5.73 Å². The number of carbonyl (C=O) groups excluding carboxylic acids is 2. The molecule has 42 heavy (non-hydrogen) atoms. The second-order valence-electron chi connectivity index (χ2n) is 10.7. The number of carbonyl (C=O) groups is 2. The summed E-state index contributed by atoms with van der Waals surface area (Å²) < 4.78 is 55.1. The number of hydrogen-bond acceptors (Lipinski definition) is 8. The van der Waals surface area contributed by atoms with Crippen molar-refractivity contribution in [3.05, 3.63) is 70.5 Å². The van der Waals surface area contributed by atoms with Gasteiger partial charge in [0.1, 0.15) is 11.6 Å². The number of nitrogens with one attached hydrogen (secondary N) is 2. The van der Waals surface area contributed by atoms with Crippen LogP contribution in [0.3, 0.4) is 0 Å². The second kappa shape index (κ2) is 11.9. The highest BCUT2D eigenvalue weighted by molar-refractivity contribution is 7.89. The fourth-order valence-corrected chi connectivity index (χ4v) is 6.59. The number of piperazine rings is 1. The number of amides is 1. The maximum Gasteiger partial charge on any atom is 0.243 e. The molecule has 0 saturated carbocycles. The van der Waals surface area contributed by atoms with Crippen molar-refractivity contribution in [2.24, 2.45) is 5.73 Å². The summed E-state index contributed by atoms with van der Waals surface area (Å²) in [6.07, 6.45) is 0.117. The Morgan fingerprint density at radius 1 is 1.07 bits per heavy atom. The number of nitrogens with two attached hydrogens (primary N) is 1. The van der Waals surface area contributed by atoms with Gasteiger partial charge in [-0.15, -0.1) is 0 Å². The zero-order valence-corrected chi connectivity index (χ0v) is 24.2. The molecule has 3 aromatic rings. The first-order valence-electron chi connectivity index (χ1n) is 13.6. The highest BCUT2D eigenvalue weighted by Gasteiger charge is 2.32. The smallest absolute Gasteiger partial charge is 0.243 e. The Labute approximate surface area is 242 Å². The van der Waals surface area contributed by atoms with Gasteiger partial charge in [-0.25, -0.2) is 17.2 Å². The van der Waals surface area contributed by atoms with Gasteiger partial charge in [-0.1, -0.05) is 0 Å². The molecule has 5 rings (SSSR count). The molecule has 0 aliphatic carbocycles. The standard InChI is InChI=1S/C28H33F2N7O4S/c1-17(31)28(39)32-25-14-20(36-9-7-35(2)8-10-36)3-4-22(25)27(38)15-26-23-16-37(6-5-24(23)33-34-26)42(40,41)21-12-18(29)11-19(30)13-21/h3-4,11-14,17H,5-10,15-16,31H2,1-2H3,(H,32,39)(H,33,34)/t17-/m0/s1. The van der Waals surface area contributed by atoms with Gasteiger partial charge in [0.2, 0.25) is 15.9 Å². The lowest BCUT2D eigenvalue weighted by Crippen LogP contribution is -2.44. The van der Waals surface area contributed by atoms with Crippen LogP contribution >= 0.6 is 0 Å². The zero-order chi connectivity index (χ0) is 30.2. The summed E-state index contributed by atoms with van der Waals surface area (Å²) in [5, 5.41) is 9.96. The lowest BCUT2D eigenvalue weighted by molar-refractivity contribution is -0.117.